The Labute approximate surface area is 117 Å². The van der Waals surface area contributed by atoms with Gasteiger partial charge in [0.25, 0.3) is 5.91 Å². The van der Waals surface area contributed by atoms with Crippen molar-refractivity contribution in [1.82, 2.24) is 4.90 Å². The van der Waals surface area contributed by atoms with E-state index in [-0.39, 0.29) is 22.4 Å². The summed E-state index contributed by atoms with van der Waals surface area (Å²) in [5.74, 6) is -0.604. The third kappa shape index (κ3) is 2.90. The molecular weight excluding hydrogens is 267 g/mol. The van der Waals surface area contributed by atoms with Gasteiger partial charge in [-0.15, -0.1) is 0 Å². The number of halogens is 2. The highest BCUT2D eigenvalue weighted by molar-refractivity contribution is 6.33. The minimum atomic E-state index is -0.442. The van der Waals surface area contributed by atoms with Crippen LogP contribution in [0.25, 0.3) is 0 Å². The molecule has 2 N–H and O–H groups in total. The second kappa shape index (κ2) is 5.10. The second-order valence-electron chi connectivity index (χ2n) is 5.73. The molecule has 5 heteroatoms. The summed E-state index contributed by atoms with van der Waals surface area (Å²) in [4.78, 5) is 14.1. The van der Waals surface area contributed by atoms with Crippen molar-refractivity contribution in [1.29, 1.82) is 0 Å². The molecule has 0 spiro atoms. The van der Waals surface area contributed by atoms with Crippen molar-refractivity contribution in [2.24, 2.45) is 11.1 Å². The Morgan fingerprint density at radius 2 is 2.21 bits per heavy atom. The van der Waals surface area contributed by atoms with Crippen LogP contribution in [0, 0.1) is 11.2 Å². The Morgan fingerprint density at radius 3 is 2.79 bits per heavy atom. The lowest BCUT2D eigenvalue weighted by Gasteiger charge is -2.42. The van der Waals surface area contributed by atoms with Crippen molar-refractivity contribution in [3.8, 4) is 0 Å². The van der Waals surface area contributed by atoms with Gasteiger partial charge in [-0.25, -0.2) is 4.39 Å². The van der Waals surface area contributed by atoms with E-state index in [4.69, 9.17) is 17.3 Å². The van der Waals surface area contributed by atoms with Gasteiger partial charge in [0.2, 0.25) is 0 Å². The highest BCUT2D eigenvalue weighted by Crippen LogP contribution is 2.29. The summed E-state index contributed by atoms with van der Waals surface area (Å²) in [5.41, 5.74) is 6.27. The number of hydrogen-bond donors (Lipinski definition) is 1. The van der Waals surface area contributed by atoms with E-state index < -0.39 is 5.82 Å². The fraction of sp³-hybridized carbons (Fsp3) is 0.500. The molecule has 2 rings (SSSR count). The number of carbonyl (C=O) groups excluding carboxylic acids is 1. The number of nitrogens with two attached hydrogens (primary N) is 1. The first-order valence-electron chi connectivity index (χ1n) is 6.31. The number of piperidine rings is 1. The summed E-state index contributed by atoms with van der Waals surface area (Å²) >= 11 is 5.93. The van der Waals surface area contributed by atoms with E-state index >= 15 is 0 Å². The van der Waals surface area contributed by atoms with Crippen LogP contribution in [0.5, 0.6) is 0 Å². The zero-order chi connectivity index (χ0) is 14.2. The van der Waals surface area contributed by atoms with E-state index in [0.717, 1.165) is 12.5 Å². The smallest absolute Gasteiger partial charge is 0.255 e. The molecule has 0 aliphatic carbocycles. The average Bonchev–Trinajstić information content (AvgIpc) is 2.32. The normalized spacial score (nSPS) is 22.4. The zero-order valence-electron chi connectivity index (χ0n) is 11.1. The molecule has 0 saturated carbocycles. The van der Waals surface area contributed by atoms with Crippen LogP contribution in [0.3, 0.4) is 0 Å². The highest BCUT2D eigenvalue weighted by atomic mass is 35.5. The lowest BCUT2D eigenvalue weighted by Crippen LogP contribution is -2.54. The lowest BCUT2D eigenvalue weighted by molar-refractivity contribution is 0.0533. The molecule has 19 heavy (non-hydrogen) atoms. The first kappa shape index (κ1) is 14.3. The molecular formula is C14H18ClFN2O. The van der Waals surface area contributed by atoms with E-state index in [1.807, 2.05) is 13.8 Å². The Bertz CT molecular complexity index is 504. The molecule has 1 fully saturated rings. The molecule has 3 nitrogen and oxygen atoms in total. The van der Waals surface area contributed by atoms with Gasteiger partial charge in [-0.1, -0.05) is 25.4 Å². The van der Waals surface area contributed by atoms with Gasteiger partial charge in [0.15, 0.2) is 0 Å². The monoisotopic (exact) mass is 284 g/mol. The predicted octanol–water partition coefficient (Wildman–Crippen LogP) is 2.68. The number of benzene rings is 1. The van der Waals surface area contributed by atoms with Gasteiger partial charge in [0.05, 0.1) is 10.6 Å². The molecule has 0 aromatic heterocycles. The zero-order valence-corrected chi connectivity index (χ0v) is 11.9. The molecule has 1 amide bonds. The largest absolute Gasteiger partial charge is 0.338 e. The van der Waals surface area contributed by atoms with Crippen LogP contribution in [0.15, 0.2) is 18.2 Å². The topological polar surface area (TPSA) is 46.3 Å². The first-order chi connectivity index (χ1) is 8.81. The van der Waals surface area contributed by atoms with Gasteiger partial charge >= 0.3 is 0 Å². The molecule has 0 radical (unpaired) electrons. The molecule has 1 saturated heterocycles. The Balaban J connectivity index is 2.21. The van der Waals surface area contributed by atoms with Gasteiger partial charge in [-0.2, -0.15) is 0 Å². The minimum Gasteiger partial charge on any atom is -0.338 e. The maximum absolute atomic E-state index is 13.0. The second-order valence-corrected chi connectivity index (χ2v) is 6.14. The Kier molecular flexibility index (Phi) is 3.83. The summed E-state index contributed by atoms with van der Waals surface area (Å²) < 4.78 is 13.0. The molecule has 1 unspecified atom stereocenters. The van der Waals surface area contributed by atoms with E-state index in [2.05, 4.69) is 0 Å². The van der Waals surface area contributed by atoms with Crippen molar-refractivity contribution in [3.63, 3.8) is 0 Å². The van der Waals surface area contributed by atoms with Gasteiger partial charge in [0, 0.05) is 19.1 Å². The standard InChI is InChI=1S/C14H18ClFN2O/c1-14(2)8-18(6-5-12(14)17)13(19)10-4-3-9(16)7-11(10)15/h3-4,7,12H,5-6,8,17H2,1-2H3. The fourth-order valence-electron chi connectivity index (χ4n) is 2.38. The van der Waals surface area contributed by atoms with Crippen LogP contribution in [0.2, 0.25) is 5.02 Å². The molecule has 1 aromatic carbocycles. The van der Waals surface area contributed by atoms with Gasteiger partial charge < -0.3 is 10.6 Å². The lowest BCUT2D eigenvalue weighted by atomic mass is 9.79. The molecule has 1 heterocycles. The van der Waals surface area contributed by atoms with E-state index in [0.29, 0.717) is 18.7 Å². The number of likely N-dealkylation sites (tertiary alicyclic amines) is 1. The fourth-order valence-corrected chi connectivity index (χ4v) is 2.63. The van der Waals surface area contributed by atoms with Crippen molar-refractivity contribution in [2.75, 3.05) is 13.1 Å². The van der Waals surface area contributed by atoms with Crippen LogP contribution in [-0.4, -0.2) is 29.9 Å². The predicted molar refractivity (Wildman–Crippen MR) is 73.7 cm³/mol. The third-order valence-electron chi connectivity index (χ3n) is 3.76. The van der Waals surface area contributed by atoms with Crippen molar-refractivity contribution >= 4 is 17.5 Å². The molecule has 1 aromatic rings. The SMILES string of the molecule is CC1(C)CN(C(=O)c2ccc(F)cc2Cl)CCC1N. The minimum absolute atomic E-state index is 0.0836. The van der Waals surface area contributed by atoms with E-state index in [1.165, 1.54) is 12.1 Å². The van der Waals surface area contributed by atoms with Crippen LogP contribution in [0.1, 0.15) is 30.6 Å². The van der Waals surface area contributed by atoms with Gasteiger partial charge in [0.1, 0.15) is 5.82 Å². The van der Waals surface area contributed by atoms with Crippen LogP contribution >= 0.6 is 11.6 Å². The molecule has 1 atom stereocenters. The number of rotatable bonds is 1. The molecule has 104 valence electrons. The van der Waals surface area contributed by atoms with Gasteiger partial charge in [-0.05, 0) is 30.0 Å². The average molecular weight is 285 g/mol. The van der Waals surface area contributed by atoms with E-state index in [1.54, 1.807) is 4.90 Å². The summed E-state index contributed by atoms with van der Waals surface area (Å²) in [6.07, 6.45) is 0.761. The Hall–Kier alpha value is -1.13. The van der Waals surface area contributed by atoms with E-state index in [9.17, 15) is 9.18 Å². The summed E-state index contributed by atoms with van der Waals surface area (Å²) in [6, 6.07) is 3.93. The highest BCUT2D eigenvalue weighted by Gasteiger charge is 2.35. The van der Waals surface area contributed by atoms with Crippen LogP contribution in [0.4, 0.5) is 4.39 Å². The molecule has 1 aliphatic heterocycles. The third-order valence-corrected chi connectivity index (χ3v) is 4.07. The van der Waals surface area contributed by atoms with Crippen molar-refractivity contribution < 1.29 is 9.18 Å². The quantitative estimate of drug-likeness (QED) is 0.862. The maximum Gasteiger partial charge on any atom is 0.255 e. The first-order valence-corrected chi connectivity index (χ1v) is 6.69. The van der Waals surface area contributed by atoms with Crippen molar-refractivity contribution in [2.45, 2.75) is 26.3 Å². The maximum atomic E-state index is 13.0. The van der Waals surface area contributed by atoms with Gasteiger partial charge in [-0.3, -0.25) is 4.79 Å². The Morgan fingerprint density at radius 1 is 1.53 bits per heavy atom. The summed E-state index contributed by atoms with van der Waals surface area (Å²) in [5, 5.41) is 0.151. The number of hydrogen-bond acceptors (Lipinski definition) is 2. The van der Waals surface area contributed by atoms with Crippen molar-refractivity contribution in [3.05, 3.63) is 34.6 Å². The van der Waals surface area contributed by atoms with Crippen LogP contribution in [-0.2, 0) is 0 Å². The number of carbonyl (C=O) groups is 1. The molecule has 1 aliphatic rings. The number of nitrogens with zero attached hydrogens (tertiary/aromatic N) is 1. The summed E-state index contributed by atoms with van der Waals surface area (Å²) in [7, 11) is 0. The summed E-state index contributed by atoms with van der Waals surface area (Å²) in [6.45, 7) is 5.28. The number of amides is 1. The van der Waals surface area contributed by atoms with Crippen LogP contribution < -0.4 is 5.73 Å². The molecule has 0 bridgehead atoms.